The monoisotopic (exact) mass is 426 g/mol. The summed E-state index contributed by atoms with van der Waals surface area (Å²) in [6.07, 6.45) is -4.96. The van der Waals surface area contributed by atoms with Crippen molar-refractivity contribution in [2.75, 3.05) is 7.11 Å². The maximum absolute atomic E-state index is 14.0. The summed E-state index contributed by atoms with van der Waals surface area (Å²) in [6.45, 7) is 0. The Morgan fingerprint density at radius 2 is 1.65 bits per heavy atom. The molecule has 0 N–H and O–H groups in total. The summed E-state index contributed by atoms with van der Waals surface area (Å²) in [7, 11) is 1.47. The second-order valence-corrected chi connectivity index (χ2v) is 6.95. The number of aromatic nitrogens is 2. The van der Waals surface area contributed by atoms with Gasteiger partial charge in [0.2, 0.25) is 0 Å². The summed E-state index contributed by atoms with van der Waals surface area (Å²) >= 11 is 0. The van der Waals surface area contributed by atoms with Crippen LogP contribution >= 0.6 is 0 Å². The van der Waals surface area contributed by atoms with Gasteiger partial charge in [-0.25, -0.2) is 0 Å². The van der Waals surface area contributed by atoms with E-state index in [0.29, 0.717) is 22.6 Å². The molecule has 0 unspecified atom stereocenters. The molecular formula is C22H13F3N2O4. The van der Waals surface area contributed by atoms with Crippen molar-refractivity contribution >= 4 is 5.78 Å². The van der Waals surface area contributed by atoms with E-state index in [1.54, 1.807) is 36.4 Å². The van der Waals surface area contributed by atoms with Gasteiger partial charge < -0.3 is 13.8 Å². The summed E-state index contributed by atoms with van der Waals surface area (Å²) < 4.78 is 57.6. The number of nitrogens with zero attached hydrogens (tertiary/aromatic N) is 2. The number of hydrogen-bond donors (Lipinski definition) is 0. The largest absolute Gasteiger partial charge is 0.497 e. The molecule has 0 fully saturated rings. The SMILES string of the molecule is COc1ccc2c(c1)C(=O)Cc1c-2noc1-c1noc(-c2ccccc2)c1C(F)(F)F. The number of ketones is 1. The quantitative estimate of drug-likeness (QED) is 0.435. The Hall–Kier alpha value is -3.88. The molecule has 2 aromatic carbocycles. The number of alkyl halides is 3. The van der Waals surface area contributed by atoms with E-state index in [1.165, 1.54) is 19.2 Å². The van der Waals surface area contributed by atoms with Crippen LogP contribution in [0.5, 0.6) is 5.75 Å². The molecule has 1 aliphatic carbocycles. The van der Waals surface area contributed by atoms with Crippen LogP contribution in [0, 0.1) is 0 Å². The van der Waals surface area contributed by atoms with Crippen molar-refractivity contribution in [2.45, 2.75) is 12.6 Å². The third kappa shape index (κ3) is 3.00. The van der Waals surface area contributed by atoms with Gasteiger partial charge >= 0.3 is 6.18 Å². The molecule has 0 bridgehead atoms. The van der Waals surface area contributed by atoms with Gasteiger partial charge in [-0.15, -0.1) is 0 Å². The van der Waals surface area contributed by atoms with Crippen molar-refractivity contribution in [1.82, 2.24) is 10.3 Å². The van der Waals surface area contributed by atoms with Crippen molar-refractivity contribution in [3.63, 3.8) is 0 Å². The summed E-state index contributed by atoms with van der Waals surface area (Å²) in [5.74, 6) is -0.461. The maximum Gasteiger partial charge on any atom is 0.422 e. The number of halogens is 3. The summed E-state index contributed by atoms with van der Waals surface area (Å²) in [4.78, 5) is 12.7. The zero-order valence-corrected chi connectivity index (χ0v) is 16.0. The third-order valence-corrected chi connectivity index (χ3v) is 5.13. The van der Waals surface area contributed by atoms with Crippen molar-refractivity contribution < 1.29 is 31.7 Å². The lowest BCUT2D eigenvalue weighted by Gasteiger charge is -2.15. The van der Waals surface area contributed by atoms with Gasteiger partial charge in [0, 0.05) is 28.7 Å². The fourth-order valence-corrected chi connectivity index (χ4v) is 3.71. The number of hydrogen-bond acceptors (Lipinski definition) is 6. The lowest BCUT2D eigenvalue weighted by Crippen LogP contribution is -2.13. The molecule has 9 heteroatoms. The molecule has 5 rings (SSSR count). The standard InChI is InChI=1S/C22H13F3N2O4/c1-29-12-7-8-13-14(9-12)16(28)10-15-18(13)26-31-21(15)19-17(22(23,24)25)20(30-27-19)11-5-3-2-4-6-11/h2-9H,10H2,1H3. The summed E-state index contributed by atoms with van der Waals surface area (Å²) in [5, 5.41) is 7.61. The van der Waals surface area contributed by atoms with Crippen LogP contribution in [0.2, 0.25) is 0 Å². The van der Waals surface area contributed by atoms with E-state index in [0.717, 1.165) is 0 Å². The van der Waals surface area contributed by atoms with Crippen molar-refractivity contribution in [1.29, 1.82) is 0 Å². The Balaban J connectivity index is 1.70. The normalized spacial score (nSPS) is 13.1. The molecule has 0 saturated heterocycles. The summed E-state index contributed by atoms with van der Waals surface area (Å²) in [6, 6.07) is 12.7. The molecule has 2 heterocycles. The van der Waals surface area contributed by atoms with Gasteiger partial charge in [-0.2, -0.15) is 13.2 Å². The predicted octanol–water partition coefficient (Wildman–Crippen LogP) is 5.43. The van der Waals surface area contributed by atoms with Crippen molar-refractivity contribution in [2.24, 2.45) is 0 Å². The van der Waals surface area contributed by atoms with Gasteiger partial charge in [0.25, 0.3) is 0 Å². The van der Waals surface area contributed by atoms with E-state index in [-0.39, 0.29) is 29.1 Å². The van der Waals surface area contributed by atoms with E-state index in [2.05, 4.69) is 10.3 Å². The number of carbonyl (C=O) groups excluding carboxylic acids is 1. The van der Waals surface area contributed by atoms with E-state index in [9.17, 15) is 18.0 Å². The molecule has 0 atom stereocenters. The minimum Gasteiger partial charge on any atom is -0.497 e. The van der Waals surface area contributed by atoms with E-state index in [1.807, 2.05) is 0 Å². The molecule has 31 heavy (non-hydrogen) atoms. The first kappa shape index (κ1) is 19.1. The highest BCUT2D eigenvalue weighted by Gasteiger charge is 2.44. The van der Waals surface area contributed by atoms with Crippen molar-refractivity contribution in [3.05, 3.63) is 65.2 Å². The van der Waals surface area contributed by atoms with Crippen LogP contribution in [-0.2, 0) is 12.6 Å². The average Bonchev–Trinajstić information content (AvgIpc) is 3.38. The second kappa shape index (κ2) is 6.83. The van der Waals surface area contributed by atoms with Gasteiger partial charge in [-0.1, -0.05) is 40.6 Å². The lowest BCUT2D eigenvalue weighted by atomic mass is 9.87. The fraction of sp³-hybridized carbons (Fsp3) is 0.136. The molecule has 0 amide bonds. The van der Waals surface area contributed by atoms with Gasteiger partial charge in [0.15, 0.2) is 23.0 Å². The average molecular weight is 426 g/mol. The zero-order valence-electron chi connectivity index (χ0n) is 16.0. The molecule has 6 nitrogen and oxygen atoms in total. The maximum atomic E-state index is 14.0. The van der Waals surface area contributed by atoms with E-state index >= 15 is 0 Å². The van der Waals surface area contributed by atoms with Gasteiger partial charge in [0.1, 0.15) is 17.0 Å². The Morgan fingerprint density at radius 3 is 2.35 bits per heavy atom. The molecule has 1 aliphatic rings. The molecule has 4 aromatic rings. The van der Waals surface area contributed by atoms with Gasteiger partial charge in [0.05, 0.1) is 7.11 Å². The number of methoxy groups -OCH3 is 1. The van der Waals surface area contributed by atoms with Crippen LogP contribution in [-0.4, -0.2) is 23.2 Å². The van der Waals surface area contributed by atoms with Crippen molar-refractivity contribution in [3.8, 4) is 39.8 Å². The third-order valence-electron chi connectivity index (χ3n) is 5.13. The Bertz CT molecular complexity index is 1310. The van der Waals surface area contributed by atoms with Crippen LogP contribution in [0.1, 0.15) is 21.5 Å². The number of fused-ring (bicyclic) bond motifs is 3. The molecule has 2 aromatic heterocycles. The number of benzene rings is 2. The predicted molar refractivity (Wildman–Crippen MR) is 102 cm³/mol. The number of ether oxygens (including phenoxy) is 1. The molecule has 0 saturated carbocycles. The number of carbonyl (C=O) groups is 1. The highest BCUT2D eigenvalue weighted by atomic mass is 19.4. The Morgan fingerprint density at radius 1 is 0.935 bits per heavy atom. The first-order chi connectivity index (χ1) is 14.9. The fourth-order valence-electron chi connectivity index (χ4n) is 3.71. The number of Topliss-reactive ketones (excluding diaryl/α,β-unsaturated/α-hetero) is 1. The molecule has 0 radical (unpaired) electrons. The zero-order chi connectivity index (χ0) is 21.8. The Labute approximate surface area is 173 Å². The topological polar surface area (TPSA) is 78.4 Å². The number of rotatable bonds is 3. The highest BCUT2D eigenvalue weighted by molar-refractivity contribution is 6.08. The summed E-state index contributed by atoms with van der Waals surface area (Å²) in [5.41, 5.74) is -0.0352. The minimum absolute atomic E-state index is 0.181. The lowest BCUT2D eigenvalue weighted by molar-refractivity contribution is -0.136. The smallest absolute Gasteiger partial charge is 0.422 e. The Kier molecular flexibility index (Phi) is 4.21. The molecule has 0 aliphatic heterocycles. The van der Waals surface area contributed by atoms with Crippen LogP contribution in [0.4, 0.5) is 13.2 Å². The van der Waals surface area contributed by atoms with E-state index in [4.69, 9.17) is 13.8 Å². The second-order valence-electron chi connectivity index (χ2n) is 6.95. The molecular weight excluding hydrogens is 413 g/mol. The highest BCUT2D eigenvalue weighted by Crippen LogP contribution is 2.46. The first-order valence-corrected chi connectivity index (χ1v) is 9.21. The first-order valence-electron chi connectivity index (χ1n) is 9.21. The van der Waals surface area contributed by atoms with Crippen LogP contribution in [0.15, 0.2) is 57.6 Å². The van der Waals surface area contributed by atoms with Crippen LogP contribution < -0.4 is 4.74 Å². The van der Waals surface area contributed by atoms with E-state index < -0.39 is 23.2 Å². The molecule has 0 spiro atoms. The van der Waals surface area contributed by atoms with Crippen LogP contribution in [0.3, 0.4) is 0 Å². The van der Waals surface area contributed by atoms with Crippen LogP contribution in [0.25, 0.3) is 34.0 Å². The van der Waals surface area contributed by atoms with Gasteiger partial charge in [-0.3, -0.25) is 4.79 Å². The van der Waals surface area contributed by atoms with Gasteiger partial charge in [-0.05, 0) is 18.2 Å². The molecule has 156 valence electrons. The minimum atomic E-state index is -4.77.